The Balaban J connectivity index is 1.68. The molecular weight excluding hydrogens is 358 g/mol. The molecule has 0 fully saturated rings. The second-order valence-electron chi connectivity index (χ2n) is 5.43. The first-order valence-corrected chi connectivity index (χ1v) is 9.21. The second-order valence-corrected chi connectivity index (χ2v) is 6.78. The molecule has 130 valence electrons. The normalized spacial score (nSPS) is 10.8. The quantitative estimate of drug-likeness (QED) is 0.668. The number of carbonyl (C=O) groups is 1. The summed E-state index contributed by atoms with van der Waals surface area (Å²) in [4.78, 5) is 12.2. The Hall–Kier alpha value is -2.25. The van der Waals surface area contributed by atoms with E-state index in [-0.39, 0.29) is 11.7 Å². The van der Waals surface area contributed by atoms with Crippen LogP contribution in [0.1, 0.15) is 18.3 Å². The van der Waals surface area contributed by atoms with Gasteiger partial charge in [0, 0.05) is 29.5 Å². The molecule has 0 bridgehead atoms. The van der Waals surface area contributed by atoms with E-state index in [1.807, 2.05) is 59.9 Å². The van der Waals surface area contributed by atoms with Crippen LogP contribution in [0.25, 0.3) is 0 Å². The van der Waals surface area contributed by atoms with E-state index in [1.165, 1.54) is 11.8 Å². The van der Waals surface area contributed by atoms with Crippen molar-refractivity contribution in [2.24, 2.45) is 0 Å². The summed E-state index contributed by atoms with van der Waals surface area (Å²) < 4.78 is 3.81. The molecule has 0 atom stereocenters. The fourth-order valence-electron chi connectivity index (χ4n) is 2.29. The van der Waals surface area contributed by atoms with Crippen LogP contribution in [0, 0.1) is 6.92 Å². The highest BCUT2D eigenvalue weighted by Gasteiger charge is 2.14. The largest absolute Gasteiger partial charge is 0.325 e. The van der Waals surface area contributed by atoms with Crippen molar-refractivity contribution in [3.8, 4) is 0 Å². The predicted octanol–water partition coefficient (Wildman–Crippen LogP) is 3.65. The third-order valence-corrected chi connectivity index (χ3v) is 4.93. The van der Waals surface area contributed by atoms with Gasteiger partial charge < -0.3 is 5.32 Å². The number of carbonyl (C=O) groups excluding carboxylic acids is 1. The van der Waals surface area contributed by atoms with Crippen molar-refractivity contribution < 1.29 is 4.79 Å². The molecule has 0 aliphatic carbocycles. The van der Waals surface area contributed by atoms with E-state index in [0.29, 0.717) is 15.9 Å². The molecule has 1 aromatic carbocycles. The molecular formula is C17H18ClN5OS. The van der Waals surface area contributed by atoms with Crippen LogP contribution in [-0.2, 0) is 11.2 Å². The van der Waals surface area contributed by atoms with Crippen molar-refractivity contribution in [2.45, 2.75) is 25.4 Å². The maximum atomic E-state index is 12.2. The van der Waals surface area contributed by atoms with Gasteiger partial charge >= 0.3 is 0 Å². The van der Waals surface area contributed by atoms with Crippen LogP contribution in [0.15, 0.2) is 47.9 Å². The molecule has 0 radical (unpaired) electrons. The van der Waals surface area contributed by atoms with E-state index < -0.39 is 0 Å². The van der Waals surface area contributed by atoms with Gasteiger partial charge in [-0.25, -0.2) is 4.68 Å². The molecule has 6 nitrogen and oxygen atoms in total. The summed E-state index contributed by atoms with van der Waals surface area (Å²) in [6.07, 6.45) is 4.59. The van der Waals surface area contributed by atoms with Crippen LogP contribution in [-0.4, -0.2) is 31.2 Å². The highest BCUT2D eigenvalue weighted by Crippen LogP contribution is 2.21. The van der Waals surface area contributed by atoms with Crippen LogP contribution in [0.2, 0.25) is 5.02 Å². The van der Waals surface area contributed by atoms with Gasteiger partial charge in [0.2, 0.25) is 11.1 Å². The minimum Gasteiger partial charge on any atom is -0.325 e. The number of amides is 1. The molecule has 2 heterocycles. The van der Waals surface area contributed by atoms with Gasteiger partial charge in [-0.2, -0.15) is 0 Å². The van der Waals surface area contributed by atoms with Crippen molar-refractivity contribution in [3.63, 3.8) is 0 Å². The highest BCUT2D eigenvalue weighted by atomic mass is 35.5. The van der Waals surface area contributed by atoms with Crippen molar-refractivity contribution in [1.29, 1.82) is 0 Å². The number of rotatable bonds is 6. The second kappa shape index (κ2) is 7.76. The first-order chi connectivity index (χ1) is 12.1. The predicted molar refractivity (Wildman–Crippen MR) is 100 cm³/mol. The highest BCUT2D eigenvalue weighted by molar-refractivity contribution is 7.99. The van der Waals surface area contributed by atoms with Crippen LogP contribution < -0.4 is 5.32 Å². The van der Waals surface area contributed by atoms with E-state index in [2.05, 4.69) is 15.5 Å². The molecule has 2 aromatic heterocycles. The Morgan fingerprint density at radius 2 is 2.04 bits per heavy atom. The number of aromatic nitrogens is 4. The van der Waals surface area contributed by atoms with Gasteiger partial charge in [-0.1, -0.05) is 36.4 Å². The molecule has 0 saturated heterocycles. The van der Waals surface area contributed by atoms with Crippen LogP contribution in [0.5, 0.6) is 0 Å². The number of hydrogen-bond acceptors (Lipinski definition) is 4. The summed E-state index contributed by atoms with van der Waals surface area (Å²) in [7, 11) is 0. The summed E-state index contributed by atoms with van der Waals surface area (Å²) in [6.45, 7) is 3.94. The maximum Gasteiger partial charge on any atom is 0.234 e. The zero-order valence-electron chi connectivity index (χ0n) is 13.9. The summed E-state index contributed by atoms with van der Waals surface area (Å²) in [5, 5.41) is 12.5. The average Bonchev–Trinajstić information content (AvgIpc) is 3.24. The molecule has 8 heteroatoms. The van der Waals surface area contributed by atoms with Crippen LogP contribution >= 0.6 is 23.4 Å². The first-order valence-electron chi connectivity index (χ1n) is 7.85. The number of thioether (sulfide) groups is 1. The molecule has 0 aliphatic rings. The summed E-state index contributed by atoms with van der Waals surface area (Å²) >= 11 is 7.43. The Morgan fingerprint density at radius 1 is 1.28 bits per heavy atom. The zero-order chi connectivity index (χ0) is 17.8. The number of hydrogen-bond donors (Lipinski definition) is 1. The topological polar surface area (TPSA) is 64.7 Å². The van der Waals surface area contributed by atoms with Crippen molar-refractivity contribution in [3.05, 3.63) is 59.1 Å². The van der Waals surface area contributed by atoms with Gasteiger partial charge in [-0.05, 0) is 36.8 Å². The van der Waals surface area contributed by atoms with E-state index >= 15 is 0 Å². The van der Waals surface area contributed by atoms with Crippen molar-refractivity contribution in [1.82, 2.24) is 19.5 Å². The molecule has 3 rings (SSSR count). The number of benzene rings is 1. The van der Waals surface area contributed by atoms with E-state index in [4.69, 9.17) is 11.6 Å². The molecule has 0 unspecified atom stereocenters. The SMILES string of the molecule is CCc1nnc(SCC(=O)Nc2ccc(C)c(Cl)c2)n1-n1cccc1. The summed E-state index contributed by atoms with van der Waals surface area (Å²) in [5.41, 5.74) is 1.66. The molecule has 3 aromatic rings. The van der Waals surface area contributed by atoms with E-state index in [9.17, 15) is 4.79 Å². The van der Waals surface area contributed by atoms with E-state index in [0.717, 1.165) is 17.8 Å². The molecule has 25 heavy (non-hydrogen) atoms. The Morgan fingerprint density at radius 3 is 2.72 bits per heavy atom. The Bertz CT molecular complexity index is 875. The lowest BCUT2D eigenvalue weighted by Gasteiger charge is -2.10. The monoisotopic (exact) mass is 375 g/mol. The zero-order valence-corrected chi connectivity index (χ0v) is 15.5. The maximum absolute atomic E-state index is 12.2. The van der Waals surface area contributed by atoms with Crippen molar-refractivity contribution in [2.75, 3.05) is 11.1 Å². The first kappa shape index (κ1) is 17.6. The van der Waals surface area contributed by atoms with Gasteiger partial charge in [-0.15, -0.1) is 10.2 Å². The van der Waals surface area contributed by atoms with Gasteiger partial charge in [0.25, 0.3) is 0 Å². The lowest BCUT2D eigenvalue weighted by molar-refractivity contribution is -0.113. The van der Waals surface area contributed by atoms with Crippen LogP contribution in [0.4, 0.5) is 5.69 Å². The third-order valence-electron chi connectivity index (χ3n) is 3.60. The minimum absolute atomic E-state index is 0.120. The van der Waals surface area contributed by atoms with Crippen molar-refractivity contribution >= 4 is 35.0 Å². The van der Waals surface area contributed by atoms with Gasteiger partial charge in [0.15, 0.2) is 5.82 Å². The van der Waals surface area contributed by atoms with Gasteiger partial charge in [0.1, 0.15) is 0 Å². The number of nitrogens with one attached hydrogen (secondary N) is 1. The lowest BCUT2D eigenvalue weighted by Crippen LogP contribution is -2.16. The minimum atomic E-state index is -0.120. The average molecular weight is 376 g/mol. The fourth-order valence-corrected chi connectivity index (χ4v) is 3.23. The summed E-state index contributed by atoms with van der Waals surface area (Å²) in [6, 6.07) is 9.32. The van der Waals surface area contributed by atoms with Crippen LogP contribution in [0.3, 0.4) is 0 Å². The van der Waals surface area contributed by atoms with Gasteiger partial charge in [-0.3, -0.25) is 9.47 Å². The Kier molecular flexibility index (Phi) is 5.45. The number of nitrogens with zero attached hydrogens (tertiary/aromatic N) is 4. The number of anilines is 1. The number of aryl methyl sites for hydroxylation is 2. The van der Waals surface area contributed by atoms with E-state index in [1.54, 1.807) is 6.07 Å². The molecule has 0 saturated carbocycles. The molecule has 0 aliphatic heterocycles. The fraction of sp³-hybridized carbons (Fsp3) is 0.235. The third kappa shape index (κ3) is 4.05. The molecule has 1 amide bonds. The Labute approximate surface area is 155 Å². The smallest absolute Gasteiger partial charge is 0.234 e. The van der Waals surface area contributed by atoms with Gasteiger partial charge in [0.05, 0.1) is 5.75 Å². The molecule has 1 N–H and O–H groups in total. The summed E-state index contributed by atoms with van der Waals surface area (Å²) in [5.74, 6) is 0.948. The number of halogens is 1. The lowest BCUT2D eigenvalue weighted by atomic mass is 10.2. The molecule has 0 spiro atoms. The standard InChI is InChI=1S/C17H18ClN5OS/c1-3-15-20-21-17(23(15)22-8-4-5-9-22)25-11-16(24)19-13-7-6-12(2)14(18)10-13/h4-10H,3,11H2,1-2H3,(H,19,24).